The second-order valence-corrected chi connectivity index (χ2v) is 7.44. The lowest BCUT2D eigenvalue weighted by molar-refractivity contribution is -0.157. The summed E-state index contributed by atoms with van der Waals surface area (Å²) in [7, 11) is 0. The average Bonchev–Trinajstić information content (AvgIpc) is 3.15. The van der Waals surface area contributed by atoms with Crippen molar-refractivity contribution in [2.24, 2.45) is 5.41 Å². The molecule has 0 aliphatic heterocycles. The van der Waals surface area contributed by atoms with Crippen molar-refractivity contribution in [1.29, 1.82) is 0 Å². The molecule has 0 radical (unpaired) electrons. The molecule has 6 nitrogen and oxygen atoms in total. The summed E-state index contributed by atoms with van der Waals surface area (Å²) in [6, 6.07) is 8.95. The first kappa shape index (κ1) is 20.3. The molecule has 0 bridgehead atoms. The molecule has 0 unspecified atom stereocenters. The van der Waals surface area contributed by atoms with Crippen LogP contribution in [0, 0.1) is 17.0 Å². The molecule has 150 valence electrons. The molecule has 0 aliphatic rings. The normalized spacial score (nSPS) is 11.3. The molecule has 0 fully saturated rings. The number of ether oxygens (including phenoxy) is 1. The zero-order chi connectivity index (χ0) is 21.2. The Morgan fingerprint density at radius 1 is 1.10 bits per heavy atom. The maximum Gasteiger partial charge on any atom is 0.313 e. The molecule has 2 aromatic carbocycles. The monoisotopic (exact) mass is 399 g/mol. The molecular formula is C21H19F2N3O3. The standard InChI is InChI=1S/C21H19F2N3O3/c1-21(2,3)20(28)29-12-26-11-24-19(25-26)14-6-4-13(5-7-14)15-8-9-17(22)16(10-27)18(15)23/h4-11H,12H2,1-3H3. The van der Waals surface area contributed by atoms with Gasteiger partial charge in [0.2, 0.25) is 0 Å². The van der Waals surface area contributed by atoms with Gasteiger partial charge in [-0.25, -0.2) is 18.4 Å². The predicted molar refractivity (Wildman–Crippen MR) is 102 cm³/mol. The Balaban J connectivity index is 1.77. The first-order valence-corrected chi connectivity index (χ1v) is 8.81. The maximum absolute atomic E-state index is 14.3. The quantitative estimate of drug-likeness (QED) is 0.474. The molecule has 1 heterocycles. The van der Waals surface area contributed by atoms with E-state index in [4.69, 9.17) is 4.74 Å². The van der Waals surface area contributed by atoms with E-state index in [1.807, 2.05) is 0 Å². The van der Waals surface area contributed by atoms with Crippen molar-refractivity contribution < 1.29 is 23.1 Å². The fourth-order valence-electron chi connectivity index (χ4n) is 2.53. The number of aromatic nitrogens is 3. The number of hydrogen-bond donors (Lipinski definition) is 0. The third-order valence-corrected chi connectivity index (χ3v) is 4.18. The lowest BCUT2D eigenvalue weighted by atomic mass is 9.98. The third-order valence-electron chi connectivity index (χ3n) is 4.18. The number of nitrogens with zero attached hydrogens (tertiary/aromatic N) is 3. The van der Waals surface area contributed by atoms with Gasteiger partial charge in [0, 0.05) is 11.1 Å². The van der Waals surface area contributed by atoms with Crippen molar-refractivity contribution in [2.45, 2.75) is 27.5 Å². The Morgan fingerprint density at radius 3 is 2.38 bits per heavy atom. The van der Waals surface area contributed by atoms with Crippen LogP contribution in [0.3, 0.4) is 0 Å². The molecule has 0 saturated carbocycles. The van der Waals surface area contributed by atoms with Crippen LogP contribution in [0.5, 0.6) is 0 Å². The van der Waals surface area contributed by atoms with E-state index in [9.17, 15) is 18.4 Å². The number of carbonyl (C=O) groups excluding carboxylic acids is 2. The van der Waals surface area contributed by atoms with Gasteiger partial charge in [0.1, 0.15) is 18.0 Å². The first-order valence-electron chi connectivity index (χ1n) is 8.81. The highest BCUT2D eigenvalue weighted by molar-refractivity contribution is 5.80. The van der Waals surface area contributed by atoms with Crippen molar-refractivity contribution >= 4 is 12.3 Å². The van der Waals surface area contributed by atoms with E-state index in [1.165, 1.54) is 17.1 Å². The largest absolute Gasteiger partial charge is 0.442 e. The van der Waals surface area contributed by atoms with Gasteiger partial charge >= 0.3 is 5.97 Å². The fraction of sp³-hybridized carbons (Fsp3) is 0.238. The van der Waals surface area contributed by atoms with Gasteiger partial charge in [-0.15, -0.1) is 5.10 Å². The van der Waals surface area contributed by atoms with Gasteiger partial charge in [-0.2, -0.15) is 0 Å². The molecule has 0 atom stereocenters. The van der Waals surface area contributed by atoms with E-state index < -0.39 is 22.6 Å². The van der Waals surface area contributed by atoms with Crippen LogP contribution in [0.25, 0.3) is 22.5 Å². The predicted octanol–water partition coefficient (Wildman–Crippen LogP) is 4.25. The zero-order valence-electron chi connectivity index (χ0n) is 16.1. The number of rotatable bonds is 5. The minimum atomic E-state index is -0.907. The van der Waals surface area contributed by atoms with Crippen molar-refractivity contribution in [3.05, 3.63) is 59.9 Å². The van der Waals surface area contributed by atoms with Gasteiger partial charge in [0.15, 0.2) is 18.8 Å². The van der Waals surface area contributed by atoms with E-state index in [-0.39, 0.29) is 24.5 Å². The Kier molecular flexibility index (Phi) is 5.54. The summed E-state index contributed by atoms with van der Waals surface area (Å²) >= 11 is 0. The molecule has 0 amide bonds. The van der Waals surface area contributed by atoms with Crippen molar-refractivity contribution in [3.8, 4) is 22.5 Å². The van der Waals surface area contributed by atoms with Crippen LogP contribution < -0.4 is 0 Å². The molecule has 1 aromatic heterocycles. The maximum atomic E-state index is 14.3. The molecule has 0 saturated heterocycles. The van der Waals surface area contributed by atoms with Gasteiger partial charge in [-0.3, -0.25) is 9.59 Å². The van der Waals surface area contributed by atoms with Crippen molar-refractivity contribution in [1.82, 2.24) is 14.8 Å². The number of halogens is 2. The minimum absolute atomic E-state index is 0.0591. The van der Waals surface area contributed by atoms with E-state index >= 15 is 0 Å². The minimum Gasteiger partial charge on any atom is -0.442 e. The number of carbonyl (C=O) groups is 2. The fourth-order valence-corrected chi connectivity index (χ4v) is 2.53. The highest BCUT2D eigenvalue weighted by Crippen LogP contribution is 2.28. The Hall–Kier alpha value is -3.42. The molecule has 3 aromatic rings. The van der Waals surface area contributed by atoms with Gasteiger partial charge < -0.3 is 4.74 Å². The summed E-state index contributed by atoms with van der Waals surface area (Å²) in [5.74, 6) is -1.76. The van der Waals surface area contributed by atoms with E-state index in [0.29, 0.717) is 17.0 Å². The Morgan fingerprint density at radius 2 is 1.76 bits per heavy atom. The van der Waals surface area contributed by atoms with Crippen molar-refractivity contribution in [3.63, 3.8) is 0 Å². The number of aldehydes is 1. The summed E-state index contributed by atoms with van der Waals surface area (Å²) in [6.07, 6.45) is 1.60. The summed E-state index contributed by atoms with van der Waals surface area (Å²) in [5.41, 5.74) is 0.0450. The Labute approximate surface area is 166 Å². The highest BCUT2D eigenvalue weighted by Gasteiger charge is 2.23. The summed E-state index contributed by atoms with van der Waals surface area (Å²) < 4.78 is 34.4. The number of hydrogen-bond acceptors (Lipinski definition) is 5. The molecule has 0 N–H and O–H groups in total. The second kappa shape index (κ2) is 7.90. The molecule has 0 spiro atoms. The van der Waals surface area contributed by atoms with Crippen LogP contribution in [-0.2, 0) is 16.3 Å². The van der Waals surface area contributed by atoms with E-state index in [2.05, 4.69) is 10.1 Å². The molecular weight excluding hydrogens is 380 g/mol. The summed E-state index contributed by atoms with van der Waals surface area (Å²) in [4.78, 5) is 26.9. The van der Waals surface area contributed by atoms with E-state index in [1.54, 1.807) is 45.0 Å². The summed E-state index contributed by atoms with van der Waals surface area (Å²) in [5, 5.41) is 4.25. The number of esters is 1. The highest BCUT2D eigenvalue weighted by atomic mass is 19.1. The van der Waals surface area contributed by atoms with Crippen LogP contribution in [0.4, 0.5) is 8.78 Å². The SMILES string of the molecule is CC(C)(C)C(=O)OCn1cnc(-c2ccc(-c3ccc(F)c(C=O)c3F)cc2)n1. The van der Waals surface area contributed by atoms with Gasteiger partial charge in [0.25, 0.3) is 0 Å². The lowest BCUT2D eigenvalue weighted by Crippen LogP contribution is -2.24. The smallest absolute Gasteiger partial charge is 0.313 e. The molecule has 8 heteroatoms. The second-order valence-electron chi connectivity index (χ2n) is 7.44. The van der Waals surface area contributed by atoms with Crippen molar-refractivity contribution in [2.75, 3.05) is 0 Å². The average molecular weight is 399 g/mol. The van der Waals surface area contributed by atoms with Crippen LogP contribution in [0.2, 0.25) is 0 Å². The van der Waals surface area contributed by atoms with Crippen LogP contribution in [0.15, 0.2) is 42.7 Å². The third kappa shape index (κ3) is 4.37. The summed E-state index contributed by atoms with van der Waals surface area (Å²) in [6.45, 7) is 5.21. The van der Waals surface area contributed by atoms with E-state index in [0.717, 1.165) is 6.07 Å². The van der Waals surface area contributed by atoms with Gasteiger partial charge in [0.05, 0.1) is 11.0 Å². The zero-order valence-corrected chi connectivity index (χ0v) is 16.1. The first-order chi connectivity index (χ1) is 13.7. The van der Waals surface area contributed by atoms with Crippen LogP contribution in [-0.4, -0.2) is 27.0 Å². The van der Waals surface area contributed by atoms with Crippen LogP contribution >= 0.6 is 0 Å². The number of benzene rings is 2. The molecule has 0 aliphatic carbocycles. The lowest BCUT2D eigenvalue weighted by Gasteiger charge is -2.16. The topological polar surface area (TPSA) is 74.1 Å². The van der Waals surface area contributed by atoms with Gasteiger partial charge in [-0.05, 0) is 38.5 Å². The molecule has 29 heavy (non-hydrogen) atoms. The van der Waals surface area contributed by atoms with Crippen LogP contribution in [0.1, 0.15) is 31.1 Å². The molecule has 3 rings (SSSR count). The van der Waals surface area contributed by atoms with Gasteiger partial charge in [-0.1, -0.05) is 24.3 Å². The Bertz CT molecular complexity index is 1050.